The fourth-order valence-electron chi connectivity index (χ4n) is 0.708. The quantitative estimate of drug-likeness (QED) is 0.292. The van der Waals surface area contributed by atoms with Crippen molar-refractivity contribution >= 4 is 36.6 Å². The number of nitro benzene ring substituents is 1. The molecule has 2 N–H and O–H groups in total. The molecule has 0 bridgehead atoms. The summed E-state index contributed by atoms with van der Waals surface area (Å²) in [4.78, 5) is 10.3. The Morgan fingerprint density at radius 1 is 1.46 bits per heavy atom. The molecule has 0 fully saturated rings. The van der Waals surface area contributed by atoms with Gasteiger partial charge in [0.2, 0.25) is 0 Å². The Morgan fingerprint density at radius 2 is 2.00 bits per heavy atom. The van der Waals surface area contributed by atoms with Crippen LogP contribution in [0.1, 0.15) is 0 Å². The number of nitrogens with zero attached hydrogens (tertiary/aromatic N) is 1. The lowest BCUT2D eigenvalue weighted by molar-refractivity contribution is -0.383. The molecule has 0 aliphatic heterocycles. The van der Waals surface area contributed by atoms with Crippen LogP contribution in [-0.2, 0) is 0 Å². The minimum absolute atomic E-state index is 0.0807. The van der Waals surface area contributed by atoms with Crippen molar-refractivity contribution in [3.8, 4) is 0 Å². The van der Waals surface area contributed by atoms with Crippen LogP contribution in [0.2, 0.25) is 0 Å². The van der Waals surface area contributed by atoms with Crippen LogP contribution < -0.4 is 5.73 Å². The van der Waals surface area contributed by atoms with E-state index in [0.717, 1.165) is 0 Å². The number of hydrogen-bond donors (Lipinski definition) is 3. The molecular weight excluding hydrogens is 208 g/mol. The zero-order valence-electron chi connectivity index (χ0n) is 6.97. The number of nitrogen functional groups attached to an aromatic ring is 1. The van der Waals surface area contributed by atoms with Gasteiger partial charge in [0.1, 0.15) is 5.69 Å². The number of thiol groups is 2. The van der Waals surface area contributed by atoms with Crippen molar-refractivity contribution in [2.45, 2.75) is 4.90 Å². The molecular formula is C7H10N2O2S2. The third kappa shape index (κ3) is 3.56. The maximum Gasteiger partial charge on any atom is 0.292 e. The van der Waals surface area contributed by atoms with Crippen molar-refractivity contribution in [2.24, 2.45) is 0 Å². The minimum Gasteiger partial charge on any atom is -0.393 e. The predicted molar refractivity (Wildman–Crippen MR) is 59.7 cm³/mol. The number of benzene rings is 1. The molecule has 1 aromatic rings. The summed E-state index contributed by atoms with van der Waals surface area (Å²) in [5.41, 5.74) is 5.39. The van der Waals surface area contributed by atoms with E-state index in [9.17, 15) is 10.1 Å². The van der Waals surface area contributed by atoms with Crippen molar-refractivity contribution < 1.29 is 4.92 Å². The summed E-state index contributed by atoms with van der Waals surface area (Å²) in [5.74, 6) is 0. The fraction of sp³-hybridized carbons (Fsp3) is 0.143. The third-order valence-electron chi connectivity index (χ3n) is 1.21. The molecule has 0 aliphatic rings. The lowest BCUT2D eigenvalue weighted by Gasteiger charge is -1.96. The molecule has 0 saturated heterocycles. The topological polar surface area (TPSA) is 69.2 Å². The summed E-state index contributed by atoms with van der Waals surface area (Å²) in [6, 6.07) is 4.30. The van der Waals surface area contributed by atoms with Gasteiger partial charge >= 0.3 is 0 Å². The highest BCUT2D eigenvalue weighted by atomic mass is 32.1. The first kappa shape index (κ1) is 12.1. The maximum atomic E-state index is 10.2. The highest BCUT2D eigenvalue weighted by Crippen LogP contribution is 2.23. The second-order valence-electron chi connectivity index (χ2n) is 2.00. The summed E-state index contributed by atoms with van der Waals surface area (Å²) in [6.07, 6.45) is 1.69. The molecule has 4 nitrogen and oxygen atoms in total. The van der Waals surface area contributed by atoms with E-state index in [1.807, 2.05) is 0 Å². The molecule has 0 aromatic heterocycles. The van der Waals surface area contributed by atoms with Crippen LogP contribution in [0.15, 0.2) is 23.1 Å². The van der Waals surface area contributed by atoms with Gasteiger partial charge in [0.05, 0.1) is 4.92 Å². The summed E-state index contributed by atoms with van der Waals surface area (Å²) in [6.45, 7) is 0. The highest BCUT2D eigenvalue weighted by molar-refractivity contribution is 7.80. The number of rotatable bonds is 1. The molecule has 0 spiro atoms. The van der Waals surface area contributed by atoms with Gasteiger partial charge in [0, 0.05) is 11.0 Å². The number of hydrogen-bond acceptors (Lipinski definition) is 5. The predicted octanol–water partition coefficient (Wildman–Crippen LogP) is 2.01. The molecule has 0 atom stereocenters. The van der Waals surface area contributed by atoms with E-state index in [1.54, 1.807) is 6.26 Å². The molecule has 0 aliphatic carbocycles. The Kier molecular flexibility index (Phi) is 5.33. The van der Waals surface area contributed by atoms with Crippen molar-refractivity contribution in [3.05, 3.63) is 28.3 Å². The van der Waals surface area contributed by atoms with Crippen LogP contribution >= 0.6 is 25.3 Å². The van der Waals surface area contributed by atoms with Gasteiger partial charge in [0.25, 0.3) is 5.69 Å². The Labute approximate surface area is 87.1 Å². The number of anilines is 1. The summed E-state index contributed by atoms with van der Waals surface area (Å²) in [5, 5.41) is 10.2. The highest BCUT2D eigenvalue weighted by Gasteiger charge is 2.09. The van der Waals surface area contributed by atoms with Crippen molar-refractivity contribution in [2.75, 3.05) is 12.0 Å². The van der Waals surface area contributed by atoms with Gasteiger partial charge < -0.3 is 5.73 Å². The summed E-state index contributed by atoms with van der Waals surface area (Å²) >= 11 is 7.49. The van der Waals surface area contributed by atoms with Gasteiger partial charge in [0.15, 0.2) is 0 Å². The van der Waals surface area contributed by atoms with Gasteiger partial charge in [-0.3, -0.25) is 10.1 Å². The van der Waals surface area contributed by atoms with E-state index in [-0.39, 0.29) is 11.4 Å². The first-order valence-corrected chi connectivity index (χ1v) is 4.63. The molecule has 1 aromatic carbocycles. The Bertz CT molecular complexity index is 305. The molecule has 0 heterocycles. The van der Waals surface area contributed by atoms with E-state index in [4.69, 9.17) is 5.73 Å². The van der Waals surface area contributed by atoms with Gasteiger partial charge in [-0.25, -0.2) is 0 Å². The monoisotopic (exact) mass is 218 g/mol. The second kappa shape index (κ2) is 5.71. The van der Waals surface area contributed by atoms with Crippen molar-refractivity contribution in [3.63, 3.8) is 0 Å². The van der Waals surface area contributed by atoms with Gasteiger partial charge in [-0.1, -0.05) is 0 Å². The van der Waals surface area contributed by atoms with Gasteiger partial charge in [-0.15, -0.1) is 12.6 Å². The van der Waals surface area contributed by atoms with E-state index in [1.165, 1.54) is 18.2 Å². The normalized spacial score (nSPS) is 8.54. The maximum absolute atomic E-state index is 10.2. The molecule has 0 amide bonds. The summed E-state index contributed by atoms with van der Waals surface area (Å²) in [7, 11) is 0. The van der Waals surface area contributed by atoms with Crippen molar-refractivity contribution in [1.82, 2.24) is 0 Å². The summed E-state index contributed by atoms with van der Waals surface area (Å²) < 4.78 is 0. The molecule has 0 radical (unpaired) electrons. The molecule has 13 heavy (non-hydrogen) atoms. The van der Waals surface area contributed by atoms with E-state index in [0.29, 0.717) is 4.90 Å². The zero-order chi connectivity index (χ0) is 10.4. The molecule has 0 saturated carbocycles. The fourth-order valence-corrected chi connectivity index (χ4v) is 0.922. The van der Waals surface area contributed by atoms with Gasteiger partial charge in [-0.2, -0.15) is 12.6 Å². The Hall–Kier alpha value is -0.880. The van der Waals surface area contributed by atoms with Crippen LogP contribution in [0.3, 0.4) is 0 Å². The minimum atomic E-state index is -0.525. The third-order valence-corrected chi connectivity index (χ3v) is 1.49. The van der Waals surface area contributed by atoms with Crippen LogP contribution in [0, 0.1) is 10.1 Å². The molecule has 1 rings (SSSR count). The van der Waals surface area contributed by atoms with Crippen LogP contribution in [0.4, 0.5) is 11.4 Å². The first-order chi connectivity index (χ1) is 6.11. The largest absolute Gasteiger partial charge is 0.393 e. The smallest absolute Gasteiger partial charge is 0.292 e. The average molecular weight is 218 g/mol. The van der Waals surface area contributed by atoms with E-state index in [2.05, 4.69) is 25.3 Å². The average Bonchev–Trinajstić information content (AvgIpc) is 2.07. The SMILES string of the molecule is CS.Nc1cc(S)ccc1[N+](=O)[O-]. The number of nitrogens with two attached hydrogens (primary N) is 1. The van der Waals surface area contributed by atoms with Crippen molar-refractivity contribution in [1.29, 1.82) is 0 Å². The van der Waals surface area contributed by atoms with Gasteiger partial charge in [-0.05, 0) is 18.4 Å². The van der Waals surface area contributed by atoms with E-state index >= 15 is 0 Å². The van der Waals surface area contributed by atoms with Crippen LogP contribution in [-0.4, -0.2) is 11.2 Å². The van der Waals surface area contributed by atoms with E-state index < -0.39 is 4.92 Å². The molecule has 0 unspecified atom stereocenters. The molecule has 6 heteroatoms. The Morgan fingerprint density at radius 3 is 2.38 bits per heavy atom. The lowest BCUT2D eigenvalue weighted by Crippen LogP contribution is -1.94. The Balaban J connectivity index is 0.000000671. The molecule has 72 valence electrons. The first-order valence-electron chi connectivity index (χ1n) is 3.29. The second-order valence-corrected chi connectivity index (χ2v) is 2.52. The van der Waals surface area contributed by atoms with Crippen LogP contribution in [0.25, 0.3) is 0 Å². The number of nitro groups is 1. The standard InChI is InChI=1S/C6H6N2O2S.CH4S/c7-5-3-4(11)1-2-6(5)8(9)10;1-2/h1-3,11H,7H2;2H,1H3. The van der Waals surface area contributed by atoms with Crippen LogP contribution in [0.5, 0.6) is 0 Å². The lowest BCUT2D eigenvalue weighted by atomic mass is 10.3. The zero-order valence-corrected chi connectivity index (χ0v) is 8.76.